The molecule has 7 heteroatoms. The molecule has 1 amide bonds. The van der Waals surface area contributed by atoms with Crippen LogP contribution in [0.15, 0.2) is 0 Å². The van der Waals surface area contributed by atoms with Crippen LogP contribution in [-0.2, 0) is 14.3 Å². The predicted octanol–water partition coefficient (Wildman–Crippen LogP) is 0.507. The summed E-state index contributed by atoms with van der Waals surface area (Å²) in [4.78, 5) is 25.9. The van der Waals surface area contributed by atoms with Gasteiger partial charge in [-0.05, 0) is 19.3 Å². The minimum absolute atomic E-state index is 0.0603. The van der Waals surface area contributed by atoms with Gasteiger partial charge in [0.2, 0.25) is 5.91 Å². The van der Waals surface area contributed by atoms with Crippen LogP contribution in [0.3, 0.4) is 0 Å². The Morgan fingerprint density at radius 1 is 1.45 bits per heavy atom. The van der Waals surface area contributed by atoms with E-state index < -0.39 is 17.4 Å². The molecule has 2 aliphatic rings. The van der Waals surface area contributed by atoms with Crippen molar-refractivity contribution in [2.24, 2.45) is 11.1 Å². The fraction of sp³-hybridized carbons (Fsp3) is 0.846. The fourth-order valence-electron chi connectivity index (χ4n) is 2.88. The van der Waals surface area contributed by atoms with Crippen LogP contribution in [-0.4, -0.2) is 58.8 Å². The van der Waals surface area contributed by atoms with Gasteiger partial charge in [0.15, 0.2) is 0 Å². The van der Waals surface area contributed by atoms with Crippen molar-refractivity contribution in [3.63, 3.8) is 0 Å². The normalized spacial score (nSPS) is 29.4. The Labute approximate surface area is 123 Å². The van der Waals surface area contributed by atoms with Crippen LogP contribution in [0, 0.1) is 5.41 Å². The summed E-state index contributed by atoms with van der Waals surface area (Å²) in [5.74, 6) is -0.579. The number of nitrogens with zero attached hydrogens (tertiary/aromatic N) is 1. The third-order valence-corrected chi connectivity index (χ3v) is 5.71. The van der Waals surface area contributed by atoms with E-state index >= 15 is 0 Å². The van der Waals surface area contributed by atoms with E-state index in [0.717, 1.165) is 6.42 Å². The third kappa shape index (κ3) is 2.66. The summed E-state index contributed by atoms with van der Waals surface area (Å²) in [5, 5.41) is 9.28. The number of carbonyl (C=O) groups is 2. The topological polar surface area (TPSA) is 92.9 Å². The predicted molar refractivity (Wildman–Crippen MR) is 76.3 cm³/mol. The Hall–Kier alpha value is -0.790. The molecule has 0 bridgehead atoms. The highest BCUT2D eigenvalue weighted by Crippen LogP contribution is 2.39. The van der Waals surface area contributed by atoms with E-state index in [-0.39, 0.29) is 17.8 Å². The zero-order valence-electron chi connectivity index (χ0n) is 11.7. The maximum Gasteiger partial charge on any atom is 0.327 e. The van der Waals surface area contributed by atoms with Gasteiger partial charge in [-0.25, -0.2) is 4.79 Å². The lowest BCUT2D eigenvalue weighted by atomic mass is 9.78. The minimum Gasteiger partial charge on any atom is -0.480 e. The molecule has 2 saturated heterocycles. The first kappa shape index (κ1) is 15.6. The number of carboxylic acids is 1. The molecule has 0 aromatic rings. The number of nitrogens with two attached hydrogens (primary N) is 1. The number of carboxylic acid groups (broad SMARTS) is 1. The van der Waals surface area contributed by atoms with Gasteiger partial charge >= 0.3 is 5.97 Å². The van der Waals surface area contributed by atoms with Gasteiger partial charge in [-0.2, -0.15) is 0 Å². The van der Waals surface area contributed by atoms with Crippen LogP contribution in [0.2, 0.25) is 0 Å². The van der Waals surface area contributed by atoms with Gasteiger partial charge in [0.05, 0.1) is 10.8 Å². The molecule has 6 nitrogen and oxygen atoms in total. The van der Waals surface area contributed by atoms with Crippen molar-refractivity contribution in [3.8, 4) is 0 Å². The molecule has 0 aromatic heterocycles. The Bertz CT molecular complexity index is 385. The first-order valence-electron chi connectivity index (χ1n) is 7.00. The van der Waals surface area contributed by atoms with Crippen LogP contribution >= 0.6 is 11.8 Å². The second-order valence-electron chi connectivity index (χ2n) is 5.36. The summed E-state index contributed by atoms with van der Waals surface area (Å²) in [6, 6.07) is -0.733. The zero-order chi connectivity index (χ0) is 14.8. The van der Waals surface area contributed by atoms with Crippen molar-refractivity contribution in [1.29, 1.82) is 0 Å². The van der Waals surface area contributed by atoms with E-state index in [1.165, 1.54) is 0 Å². The number of rotatable bonds is 4. The number of hydrogen-bond acceptors (Lipinski definition) is 5. The van der Waals surface area contributed by atoms with Crippen LogP contribution in [0.5, 0.6) is 0 Å². The zero-order valence-corrected chi connectivity index (χ0v) is 12.5. The van der Waals surface area contributed by atoms with Crippen molar-refractivity contribution >= 4 is 23.6 Å². The van der Waals surface area contributed by atoms with Crippen LogP contribution in [0.25, 0.3) is 0 Å². The SMILES string of the molecule is CCC1SCC(C(=O)O)N1C(=O)C1(CN)CCOCC1. The van der Waals surface area contributed by atoms with Crippen molar-refractivity contribution in [3.05, 3.63) is 0 Å². The lowest BCUT2D eigenvalue weighted by Gasteiger charge is -2.40. The van der Waals surface area contributed by atoms with E-state index in [4.69, 9.17) is 10.5 Å². The average Bonchev–Trinajstić information content (AvgIpc) is 2.91. The largest absolute Gasteiger partial charge is 0.480 e. The number of hydrogen-bond donors (Lipinski definition) is 2. The molecule has 0 radical (unpaired) electrons. The van der Waals surface area contributed by atoms with Crippen LogP contribution in [0.4, 0.5) is 0 Å². The molecule has 2 fully saturated rings. The van der Waals surface area contributed by atoms with E-state index in [9.17, 15) is 14.7 Å². The molecule has 0 saturated carbocycles. The first-order chi connectivity index (χ1) is 9.55. The molecule has 20 heavy (non-hydrogen) atoms. The fourth-order valence-corrected chi connectivity index (χ4v) is 4.23. The van der Waals surface area contributed by atoms with Gasteiger partial charge in [-0.3, -0.25) is 4.79 Å². The van der Waals surface area contributed by atoms with Gasteiger partial charge in [0.1, 0.15) is 6.04 Å². The minimum atomic E-state index is -0.930. The molecule has 0 spiro atoms. The number of aliphatic carboxylic acids is 1. The molecule has 2 unspecified atom stereocenters. The summed E-state index contributed by atoms with van der Waals surface area (Å²) in [6.07, 6.45) is 1.90. The molecule has 3 N–H and O–H groups in total. The molecule has 2 heterocycles. The van der Waals surface area contributed by atoms with E-state index in [0.29, 0.717) is 31.8 Å². The highest BCUT2D eigenvalue weighted by atomic mass is 32.2. The molecule has 0 aromatic carbocycles. The molecular formula is C13H22N2O4S. The number of thioether (sulfide) groups is 1. The monoisotopic (exact) mass is 302 g/mol. The number of carbonyl (C=O) groups excluding carboxylic acids is 1. The van der Waals surface area contributed by atoms with Gasteiger partial charge < -0.3 is 20.5 Å². The molecular weight excluding hydrogens is 280 g/mol. The molecule has 2 aliphatic heterocycles. The van der Waals surface area contributed by atoms with Crippen molar-refractivity contribution in [2.45, 2.75) is 37.6 Å². The Morgan fingerprint density at radius 3 is 2.60 bits per heavy atom. The number of amides is 1. The van der Waals surface area contributed by atoms with Crippen LogP contribution < -0.4 is 5.73 Å². The average molecular weight is 302 g/mol. The smallest absolute Gasteiger partial charge is 0.327 e. The molecule has 114 valence electrons. The quantitative estimate of drug-likeness (QED) is 0.786. The van der Waals surface area contributed by atoms with Crippen LogP contribution in [0.1, 0.15) is 26.2 Å². The second kappa shape index (κ2) is 6.32. The van der Waals surface area contributed by atoms with E-state index in [1.807, 2.05) is 6.92 Å². The van der Waals surface area contributed by atoms with Crippen molar-refractivity contribution < 1.29 is 19.4 Å². The Kier molecular flexibility index (Phi) is 4.93. The molecule has 2 rings (SSSR count). The van der Waals surface area contributed by atoms with Gasteiger partial charge in [0.25, 0.3) is 0 Å². The molecule has 0 aliphatic carbocycles. The van der Waals surface area contributed by atoms with Crippen molar-refractivity contribution in [2.75, 3.05) is 25.5 Å². The summed E-state index contributed by atoms with van der Waals surface area (Å²) in [7, 11) is 0. The first-order valence-corrected chi connectivity index (χ1v) is 8.05. The summed E-state index contributed by atoms with van der Waals surface area (Å²) < 4.78 is 5.32. The van der Waals surface area contributed by atoms with Gasteiger partial charge in [-0.15, -0.1) is 11.8 Å². The van der Waals surface area contributed by atoms with Gasteiger partial charge in [-0.1, -0.05) is 6.92 Å². The standard InChI is InChI=1S/C13H22N2O4S/c1-2-10-15(9(7-20-10)11(16)17)12(18)13(8-14)3-5-19-6-4-13/h9-10H,2-8,14H2,1H3,(H,16,17). The Balaban J connectivity index is 2.25. The van der Waals surface area contributed by atoms with E-state index in [1.54, 1.807) is 16.7 Å². The van der Waals surface area contributed by atoms with Crippen molar-refractivity contribution in [1.82, 2.24) is 4.90 Å². The third-order valence-electron chi connectivity index (χ3n) is 4.26. The lowest BCUT2D eigenvalue weighted by molar-refractivity contribution is -0.157. The lowest BCUT2D eigenvalue weighted by Crippen LogP contribution is -2.56. The molecule has 2 atom stereocenters. The number of ether oxygens (including phenoxy) is 1. The summed E-state index contributed by atoms with van der Waals surface area (Å²) >= 11 is 1.54. The second-order valence-corrected chi connectivity index (χ2v) is 6.57. The highest BCUT2D eigenvalue weighted by Gasteiger charge is 2.49. The summed E-state index contributed by atoms with van der Waals surface area (Å²) in [6.45, 7) is 3.25. The Morgan fingerprint density at radius 2 is 2.10 bits per heavy atom. The highest BCUT2D eigenvalue weighted by molar-refractivity contribution is 8.00. The van der Waals surface area contributed by atoms with Gasteiger partial charge in [0, 0.05) is 25.5 Å². The summed E-state index contributed by atoms with van der Waals surface area (Å²) in [5.41, 5.74) is 5.21. The maximum atomic E-state index is 13.0. The van der Waals surface area contributed by atoms with E-state index in [2.05, 4.69) is 0 Å². The maximum absolute atomic E-state index is 13.0.